The van der Waals surface area contributed by atoms with Crippen LogP contribution in [0, 0.1) is 0 Å². The van der Waals surface area contributed by atoms with E-state index in [1.54, 1.807) is 12.1 Å². The van der Waals surface area contributed by atoms with Crippen LogP contribution >= 0.6 is 0 Å². The van der Waals surface area contributed by atoms with Crippen molar-refractivity contribution in [3.63, 3.8) is 0 Å². The highest BCUT2D eigenvalue weighted by Crippen LogP contribution is 2.34. The first kappa shape index (κ1) is 14.2. The van der Waals surface area contributed by atoms with Gasteiger partial charge in [-0.25, -0.2) is 0 Å². The van der Waals surface area contributed by atoms with Crippen LogP contribution in [0.15, 0.2) is 18.2 Å². The summed E-state index contributed by atoms with van der Waals surface area (Å²) in [5, 5.41) is 12.8. The number of benzene rings is 1. The first-order valence-electron chi connectivity index (χ1n) is 7.08. The number of rotatable bonds is 8. The van der Waals surface area contributed by atoms with Crippen LogP contribution < -0.4 is 10.1 Å². The van der Waals surface area contributed by atoms with E-state index in [1.807, 2.05) is 6.07 Å². The first-order chi connectivity index (χ1) is 9.31. The summed E-state index contributed by atoms with van der Waals surface area (Å²) in [6.45, 7) is 5.39. The zero-order chi connectivity index (χ0) is 13.5. The Morgan fingerprint density at radius 2 is 2.21 bits per heavy atom. The van der Waals surface area contributed by atoms with Gasteiger partial charge in [-0.2, -0.15) is 0 Å². The quantitative estimate of drug-likeness (QED) is 0.709. The Bertz CT molecular complexity index is 395. The molecule has 0 bridgehead atoms. The molecule has 106 valence electrons. The zero-order valence-electron chi connectivity index (χ0n) is 11.5. The number of hydrogen-bond donors (Lipinski definition) is 2. The topological polar surface area (TPSA) is 50.7 Å². The van der Waals surface area contributed by atoms with Crippen molar-refractivity contribution in [3.8, 4) is 11.5 Å². The van der Waals surface area contributed by atoms with E-state index in [-0.39, 0.29) is 11.8 Å². The summed E-state index contributed by atoms with van der Waals surface area (Å²) in [6, 6.07) is 5.53. The van der Waals surface area contributed by atoms with E-state index in [4.69, 9.17) is 9.47 Å². The smallest absolute Gasteiger partial charge is 0.127 e. The average molecular weight is 265 g/mol. The van der Waals surface area contributed by atoms with Crippen molar-refractivity contribution in [2.75, 3.05) is 26.4 Å². The van der Waals surface area contributed by atoms with E-state index in [9.17, 15) is 5.11 Å². The van der Waals surface area contributed by atoms with Crippen LogP contribution in [0.2, 0.25) is 0 Å². The lowest BCUT2D eigenvalue weighted by Crippen LogP contribution is -2.24. The predicted molar refractivity (Wildman–Crippen MR) is 74.7 cm³/mol. The minimum Gasteiger partial charge on any atom is -0.508 e. The van der Waals surface area contributed by atoms with Crippen LogP contribution in [0.3, 0.4) is 0 Å². The third-order valence-electron chi connectivity index (χ3n) is 3.28. The van der Waals surface area contributed by atoms with Crippen LogP contribution in [0.5, 0.6) is 11.5 Å². The van der Waals surface area contributed by atoms with Gasteiger partial charge in [0.25, 0.3) is 0 Å². The summed E-state index contributed by atoms with van der Waals surface area (Å²) < 4.78 is 11.1. The summed E-state index contributed by atoms with van der Waals surface area (Å²) in [7, 11) is 0. The van der Waals surface area contributed by atoms with Crippen molar-refractivity contribution in [2.45, 2.75) is 32.2 Å². The third-order valence-corrected chi connectivity index (χ3v) is 3.28. The molecule has 1 aromatic carbocycles. The molecule has 1 unspecified atom stereocenters. The number of phenols is 1. The van der Waals surface area contributed by atoms with Gasteiger partial charge in [0.2, 0.25) is 0 Å². The zero-order valence-corrected chi connectivity index (χ0v) is 11.5. The van der Waals surface area contributed by atoms with Gasteiger partial charge in [-0.1, -0.05) is 13.3 Å². The molecule has 1 aromatic rings. The molecule has 0 amide bonds. The Hall–Kier alpha value is -1.26. The number of fused-ring (bicyclic) bond motifs is 1. The standard InChI is InChI=1S/C15H23NO3/c1-2-3-8-18-9-4-7-16-14-11-19-15-10-12(17)5-6-13(14)15/h5-6,10,14,16-17H,2-4,7-9,11H2,1H3. The van der Waals surface area contributed by atoms with Gasteiger partial charge in [0.05, 0.1) is 6.04 Å². The van der Waals surface area contributed by atoms with Crippen molar-refractivity contribution in [1.82, 2.24) is 5.32 Å². The van der Waals surface area contributed by atoms with Gasteiger partial charge in [-0.15, -0.1) is 0 Å². The summed E-state index contributed by atoms with van der Waals surface area (Å²) in [5.41, 5.74) is 1.13. The van der Waals surface area contributed by atoms with Crippen molar-refractivity contribution in [3.05, 3.63) is 23.8 Å². The number of unbranched alkanes of at least 4 members (excludes halogenated alkanes) is 1. The van der Waals surface area contributed by atoms with Crippen LogP contribution in [0.4, 0.5) is 0 Å². The second-order valence-electron chi connectivity index (χ2n) is 4.86. The minimum atomic E-state index is 0.228. The van der Waals surface area contributed by atoms with Crippen LogP contribution in [0.25, 0.3) is 0 Å². The highest BCUT2D eigenvalue weighted by Gasteiger charge is 2.23. The molecule has 0 saturated heterocycles. The highest BCUT2D eigenvalue weighted by molar-refractivity contribution is 5.44. The van der Waals surface area contributed by atoms with Gasteiger partial charge in [0.1, 0.15) is 18.1 Å². The van der Waals surface area contributed by atoms with Crippen molar-refractivity contribution in [2.24, 2.45) is 0 Å². The van der Waals surface area contributed by atoms with Gasteiger partial charge < -0.3 is 19.9 Å². The van der Waals surface area contributed by atoms with Gasteiger partial charge in [-0.3, -0.25) is 0 Å². The monoisotopic (exact) mass is 265 g/mol. The van der Waals surface area contributed by atoms with E-state index in [1.165, 1.54) is 6.42 Å². The predicted octanol–water partition coefficient (Wildman–Crippen LogP) is 2.62. The fourth-order valence-corrected chi connectivity index (χ4v) is 2.17. The maximum absolute atomic E-state index is 9.38. The largest absolute Gasteiger partial charge is 0.508 e. The van der Waals surface area contributed by atoms with E-state index < -0.39 is 0 Å². The molecule has 0 fully saturated rings. The fourth-order valence-electron chi connectivity index (χ4n) is 2.17. The van der Waals surface area contributed by atoms with Crippen molar-refractivity contribution >= 4 is 0 Å². The normalized spacial score (nSPS) is 17.2. The van der Waals surface area contributed by atoms with Gasteiger partial charge in [-0.05, 0) is 31.5 Å². The Morgan fingerprint density at radius 1 is 1.37 bits per heavy atom. The van der Waals surface area contributed by atoms with Crippen molar-refractivity contribution < 1.29 is 14.6 Å². The molecular formula is C15H23NO3. The van der Waals surface area contributed by atoms with Gasteiger partial charge >= 0.3 is 0 Å². The first-order valence-corrected chi connectivity index (χ1v) is 7.08. The number of ether oxygens (including phenoxy) is 2. The number of phenolic OH excluding ortho intramolecular Hbond substituents is 1. The minimum absolute atomic E-state index is 0.228. The Balaban J connectivity index is 1.66. The molecule has 0 saturated carbocycles. The third kappa shape index (κ3) is 4.11. The number of nitrogens with one attached hydrogen (secondary N) is 1. The van der Waals surface area contributed by atoms with E-state index in [0.29, 0.717) is 6.61 Å². The van der Waals surface area contributed by atoms with Crippen LogP contribution in [-0.2, 0) is 4.74 Å². The Labute approximate surface area is 114 Å². The van der Waals surface area contributed by atoms with E-state index in [0.717, 1.165) is 43.9 Å². The molecule has 2 rings (SSSR count). The summed E-state index contributed by atoms with van der Waals surface area (Å²) in [5.74, 6) is 1.04. The molecule has 1 aliphatic rings. The van der Waals surface area contributed by atoms with Gasteiger partial charge in [0.15, 0.2) is 0 Å². The molecule has 0 radical (unpaired) electrons. The summed E-state index contributed by atoms with van der Waals surface area (Å²) in [6.07, 6.45) is 3.33. The van der Waals surface area contributed by atoms with E-state index >= 15 is 0 Å². The summed E-state index contributed by atoms with van der Waals surface area (Å²) >= 11 is 0. The lowest BCUT2D eigenvalue weighted by atomic mass is 10.1. The van der Waals surface area contributed by atoms with Gasteiger partial charge in [0, 0.05) is 24.8 Å². The van der Waals surface area contributed by atoms with Crippen LogP contribution in [0.1, 0.15) is 37.8 Å². The molecule has 4 heteroatoms. The molecule has 1 aliphatic heterocycles. The molecule has 1 atom stereocenters. The SMILES string of the molecule is CCCCOCCCNC1COc2cc(O)ccc21. The molecule has 4 nitrogen and oxygen atoms in total. The average Bonchev–Trinajstić information content (AvgIpc) is 2.80. The second-order valence-corrected chi connectivity index (χ2v) is 4.86. The molecule has 0 aliphatic carbocycles. The molecule has 2 N–H and O–H groups in total. The van der Waals surface area contributed by atoms with Crippen LogP contribution in [-0.4, -0.2) is 31.5 Å². The molecule has 19 heavy (non-hydrogen) atoms. The molecule has 1 heterocycles. The molecule has 0 aromatic heterocycles. The molecular weight excluding hydrogens is 242 g/mol. The number of hydrogen-bond acceptors (Lipinski definition) is 4. The highest BCUT2D eigenvalue weighted by atomic mass is 16.5. The molecule has 0 spiro atoms. The lowest BCUT2D eigenvalue weighted by molar-refractivity contribution is 0.128. The summed E-state index contributed by atoms with van der Waals surface area (Å²) in [4.78, 5) is 0. The Kier molecular flexibility index (Phi) is 5.48. The van der Waals surface area contributed by atoms with Crippen molar-refractivity contribution in [1.29, 1.82) is 0 Å². The number of aromatic hydroxyl groups is 1. The van der Waals surface area contributed by atoms with E-state index in [2.05, 4.69) is 12.2 Å². The lowest BCUT2D eigenvalue weighted by Gasteiger charge is -2.11. The maximum atomic E-state index is 9.38. The fraction of sp³-hybridized carbons (Fsp3) is 0.600. The second kappa shape index (κ2) is 7.36. The Morgan fingerprint density at radius 3 is 3.05 bits per heavy atom. The maximum Gasteiger partial charge on any atom is 0.127 e.